The van der Waals surface area contributed by atoms with Crippen LogP contribution in [0.1, 0.15) is 12.5 Å². The van der Waals surface area contributed by atoms with Gasteiger partial charge in [-0.1, -0.05) is 24.8 Å². The molecule has 1 aromatic rings. The lowest BCUT2D eigenvalue weighted by atomic mass is 10.2. The molecule has 0 radical (unpaired) electrons. The van der Waals surface area contributed by atoms with Crippen molar-refractivity contribution in [2.24, 2.45) is 0 Å². The fourth-order valence-electron chi connectivity index (χ4n) is 1.03. The van der Waals surface area contributed by atoms with Crippen LogP contribution in [-0.2, 0) is 0 Å². The van der Waals surface area contributed by atoms with E-state index in [1.807, 2.05) is 6.08 Å². The van der Waals surface area contributed by atoms with E-state index in [1.165, 1.54) is 15.3 Å². The minimum Gasteiger partial charge on any atom is -0.144 e. The Labute approximate surface area is 71.2 Å². The van der Waals surface area contributed by atoms with Gasteiger partial charge in [-0.2, -0.15) is 0 Å². The molecular weight excluding hydrogens is 152 g/mol. The molecule has 11 heavy (non-hydrogen) atoms. The molecule has 0 bridgehead atoms. The Hall–Kier alpha value is -0.820. The van der Waals surface area contributed by atoms with Crippen molar-refractivity contribution in [3.8, 4) is 0 Å². The minimum absolute atomic E-state index is 1.31. The van der Waals surface area contributed by atoms with Gasteiger partial charge in [-0.3, -0.25) is 0 Å². The highest BCUT2D eigenvalue weighted by Crippen LogP contribution is 1.90. The average molecular weight is 164 g/mol. The van der Waals surface area contributed by atoms with Crippen LogP contribution in [0.15, 0.2) is 18.0 Å². The maximum atomic E-state index is 3.69. The van der Waals surface area contributed by atoms with E-state index in [0.717, 1.165) is 0 Å². The topological polar surface area (TPSA) is 0 Å². The first-order valence-corrected chi connectivity index (χ1v) is 4.50. The number of thiophene rings is 1. The van der Waals surface area contributed by atoms with E-state index in [9.17, 15) is 0 Å². The highest BCUT2D eigenvalue weighted by molar-refractivity contribution is 7.07. The monoisotopic (exact) mass is 164 g/mol. The lowest BCUT2D eigenvalue weighted by molar-refractivity contribution is 1.47. The number of aryl methyl sites for hydroxylation is 1. The molecule has 0 fully saturated rings. The first-order valence-electron chi connectivity index (χ1n) is 3.62. The molecule has 0 unspecified atom stereocenters. The Kier molecular flexibility index (Phi) is 2.66. The van der Waals surface area contributed by atoms with Crippen LogP contribution < -0.4 is 9.75 Å². The van der Waals surface area contributed by atoms with Crippen molar-refractivity contribution >= 4 is 23.5 Å². The van der Waals surface area contributed by atoms with Gasteiger partial charge in [0.25, 0.3) is 0 Å². The zero-order valence-corrected chi connectivity index (χ0v) is 7.74. The maximum Gasteiger partial charge on any atom is 0.0302 e. The molecule has 0 aliphatic carbocycles. The summed E-state index contributed by atoms with van der Waals surface area (Å²) in [6.45, 7) is 7.87. The molecular formula is C10H12S. The molecule has 0 amide bonds. The molecule has 0 nitrogen and oxygen atoms in total. The van der Waals surface area contributed by atoms with E-state index in [0.29, 0.717) is 0 Å². The second kappa shape index (κ2) is 3.54. The summed E-state index contributed by atoms with van der Waals surface area (Å²) in [6.07, 6.45) is 6.02. The molecule has 0 saturated heterocycles. The van der Waals surface area contributed by atoms with Gasteiger partial charge in [0.2, 0.25) is 0 Å². The molecule has 1 rings (SSSR count). The molecule has 0 saturated carbocycles. The van der Waals surface area contributed by atoms with Gasteiger partial charge in [-0.15, -0.1) is 11.3 Å². The summed E-state index contributed by atoms with van der Waals surface area (Å²) in [4.78, 5) is 0. The van der Waals surface area contributed by atoms with Gasteiger partial charge < -0.3 is 0 Å². The molecule has 0 aromatic carbocycles. The third-order valence-corrected chi connectivity index (χ3v) is 2.78. The lowest BCUT2D eigenvalue weighted by Crippen LogP contribution is -2.19. The summed E-state index contributed by atoms with van der Waals surface area (Å²) >= 11 is 1.78. The van der Waals surface area contributed by atoms with Crippen LogP contribution in [0.4, 0.5) is 0 Å². The largest absolute Gasteiger partial charge is 0.144 e. The Bertz CT molecular complexity index is 355. The van der Waals surface area contributed by atoms with Gasteiger partial charge in [0.15, 0.2) is 0 Å². The smallest absolute Gasteiger partial charge is 0.0302 e. The van der Waals surface area contributed by atoms with E-state index < -0.39 is 0 Å². The molecule has 0 aliphatic heterocycles. The molecule has 0 aliphatic rings. The van der Waals surface area contributed by atoms with Crippen molar-refractivity contribution in [1.82, 2.24) is 0 Å². The Morgan fingerprint density at radius 1 is 1.55 bits per heavy atom. The molecule has 0 atom stereocenters. The minimum atomic E-state index is 1.31. The quantitative estimate of drug-likeness (QED) is 0.594. The molecule has 1 aromatic heterocycles. The van der Waals surface area contributed by atoms with Crippen molar-refractivity contribution in [1.29, 1.82) is 0 Å². The van der Waals surface area contributed by atoms with Gasteiger partial charge in [0.05, 0.1) is 0 Å². The third kappa shape index (κ3) is 1.60. The third-order valence-electron chi connectivity index (χ3n) is 1.60. The predicted molar refractivity (Wildman–Crippen MR) is 53.1 cm³/mol. The van der Waals surface area contributed by atoms with Crippen LogP contribution >= 0.6 is 11.3 Å². The Morgan fingerprint density at radius 3 is 2.82 bits per heavy atom. The van der Waals surface area contributed by atoms with E-state index in [2.05, 4.69) is 38.0 Å². The van der Waals surface area contributed by atoms with Crippen LogP contribution in [0.5, 0.6) is 0 Å². The molecule has 1 heterocycles. The van der Waals surface area contributed by atoms with Crippen molar-refractivity contribution in [2.45, 2.75) is 13.8 Å². The van der Waals surface area contributed by atoms with E-state index >= 15 is 0 Å². The number of hydrogen-bond acceptors (Lipinski definition) is 1. The van der Waals surface area contributed by atoms with Gasteiger partial charge in [-0.05, 0) is 30.0 Å². The first kappa shape index (κ1) is 8.28. The Balaban J connectivity index is 3.54. The maximum absolute atomic E-state index is 3.69. The second-order valence-electron chi connectivity index (χ2n) is 2.39. The highest BCUT2D eigenvalue weighted by Gasteiger charge is 1.90. The summed E-state index contributed by atoms with van der Waals surface area (Å²) in [6, 6.07) is 0. The molecule has 0 spiro atoms. The van der Waals surface area contributed by atoms with Crippen LogP contribution in [-0.4, -0.2) is 0 Å². The summed E-state index contributed by atoms with van der Waals surface area (Å²) in [5, 5.41) is 3.48. The van der Waals surface area contributed by atoms with E-state index in [4.69, 9.17) is 0 Å². The van der Waals surface area contributed by atoms with Crippen molar-refractivity contribution in [3.63, 3.8) is 0 Å². The lowest BCUT2D eigenvalue weighted by Gasteiger charge is -1.79. The number of hydrogen-bond donors (Lipinski definition) is 0. The van der Waals surface area contributed by atoms with Crippen molar-refractivity contribution < 1.29 is 0 Å². The van der Waals surface area contributed by atoms with E-state index in [1.54, 1.807) is 11.3 Å². The standard InChI is InChI=1S/C10H12S/c1-4-6-9-8(3)7-11-10(9)5-2/h4-7H,1H2,2-3H3/b9-6-,10-5+. The summed E-state index contributed by atoms with van der Waals surface area (Å²) in [5.41, 5.74) is 1.34. The molecule has 1 heteroatoms. The highest BCUT2D eigenvalue weighted by atomic mass is 32.1. The van der Waals surface area contributed by atoms with Gasteiger partial charge >= 0.3 is 0 Å². The van der Waals surface area contributed by atoms with Crippen LogP contribution in [0.2, 0.25) is 0 Å². The second-order valence-corrected chi connectivity index (χ2v) is 3.30. The fourth-order valence-corrected chi connectivity index (χ4v) is 1.95. The number of rotatable bonds is 1. The van der Waals surface area contributed by atoms with Crippen LogP contribution in [0.3, 0.4) is 0 Å². The summed E-state index contributed by atoms with van der Waals surface area (Å²) in [7, 11) is 0. The zero-order chi connectivity index (χ0) is 8.27. The SMILES string of the molecule is C=C/C=c1/c(C)cs/c1=C/C. The predicted octanol–water partition coefficient (Wildman–Crippen LogP) is 1.82. The summed E-state index contributed by atoms with van der Waals surface area (Å²) < 4.78 is 1.34. The number of allylic oxidation sites excluding steroid dienone is 1. The van der Waals surface area contributed by atoms with Crippen LogP contribution in [0, 0.1) is 6.92 Å². The normalized spacial score (nSPS) is 14.0. The van der Waals surface area contributed by atoms with Crippen molar-refractivity contribution in [3.05, 3.63) is 33.3 Å². The Morgan fingerprint density at radius 2 is 2.27 bits per heavy atom. The van der Waals surface area contributed by atoms with E-state index in [-0.39, 0.29) is 0 Å². The summed E-state index contributed by atoms with van der Waals surface area (Å²) in [5.74, 6) is 0. The van der Waals surface area contributed by atoms with Crippen molar-refractivity contribution in [2.75, 3.05) is 0 Å². The molecule has 58 valence electrons. The fraction of sp³-hybridized carbons (Fsp3) is 0.200. The van der Waals surface area contributed by atoms with Gasteiger partial charge in [-0.25, -0.2) is 0 Å². The molecule has 0 N–H and O–H groups in total. The first-order chi connectivity index (χ1) is 5.29. The van der Waals surface area contributed by atoms with Crippen LogP contribution in [0.25, 0.3) is 12.2 Å². The van der Waals surface area contributed by atoms with Gasteiger partial charge in [0.1, 0.15) is 0 Å². The van der Waals surface area contributed by atoms with Gasteiger partial charge in [0, 0.05) is 4.53 Å². The zero-order valence-electron chi connectivity index (χ0n) is 6.92. The average Bonchev–Trinajstić information content (AvgIpc) is 2.34.